The monoisotopic (exact) mass is 255 g/mol. The number of nitrogens with two attached hydrogens (primary N) is 1. The van der Waals surface area contributed by atoms with Crippen molar-refractivity contribution in [2.75, 3.05) is 26.2 Å². The summed E-state index contributed by atoms with van der Waals surface area (Å²) in [5, 5.41) is 3.38. The topological polar surface area (TPSA) is 58.4 Å². The van der Waals surface area contributed by atoms with Gasteiger partial charge in [-0.3, -0.25) is 4.79 Å². The van der Waals surface area contributed by atoms with Gasteiger partial charge in [-0.2, -0.15) is 0 Å². The van der Waals surface area contributed by atoms with Gasteiger partial charge in [0.1, 0.15) is 5.54 Å². The fourth-order valence-corrected chi connectivity index (χ4v) is 2.76. The Bertz CT molecular complexity index is 276. The molecular formula is C14H29N3O. The van der Waals surface area contributed by atoms with E-state index in [-0.39, 0.29) is 5.91 Å². The molecule has 1 rings (SSSR count). The first-order valence-corrected chi connectivity index (χ1v) is 7.23. The molecule has 0 aliphatic heterocycles. The number of carbonyl (C=O) groups is 1. The Hall–Kier alpha value is -0.610. The number of rotatable bonds is 9. The van der Waals surface area contributed by atoms with E-state index >= 15 is 0 Å². The summed E-state index contributed by atoms with van der Waals surface area (Å²) < 4.78 is 0. The van der Waals surface area contributed by atoms with Crippen LogP contribution in [0.15, 0.2) is 0 Å². The lowest BCUT2D eigenvalue weighted by Gasteiger charge is -2.37. The highest BCUT2D eigenvalue weighted by atomic mass is 16.1. The van der Waals surface area contributed by atoms with Gasteiger partial charge in [0.05, 0.1) is 0 Å². The number of carbonyl (C=O) groups excluding carboxylic acids is 1. The highest BCUT2D eigenvalue weighted by Crippen LogP contribution is 2.40. The second-order valence-corrected chi connectivity index (χ2v) is 5.86. The zero-order valence-corrected chi connectivity index (χ0v) is 12.3. The molecule has 0 radical (unpaired) electrons. The summed E-state index contributed by atoms with van der Waals surface area (Å²) in [6.07, 6.45) is 2.24. The average molecular weight is 255 g/mol. The van der Waals surface area contributed by atoms with Crippen molar-refractivity contribution in [1.82, 2.24) is 10.2 Å². The molecule has 1 atom stereocenters. The molecule has 3 N–H and O–H groups in total. The Balaban J connectivity index is 2.78. The number of nitrogens with one attached hydrogen (secondary N) is 1. The summed E-state index contributed by atoms with van der Waals surface area (Å²) in [6, 6.07) is 0. The van der Waals surface area contributed by atoms with E-state index < -0.39 is 5.54 Å². The molecule has 1 aliphatic carbocycles. The number of likely N-dealkylation sites (N-methyl/N-ethyl adjacent to an activating group) is 2. The second-order valence-electron chi connectivity index (χ2n) is 5.86. The molecule has 1 aliphatic rings. The van der Waals surface area contributed by atoms with Gasteiger partial charge in [0.15, 0.2) is 0 Å². The van der Waals surface area contributed by atoms with Gasteiger partial charge in [-0.1, -0.05) is 27.7 Å². The Morgan fingerprint density at radius 3 is 2.39 bits per heavy atom. The molecule has 0 bridgehead atoms. The van der Waals surface area contributed by atoms with Crippen LogP contribution in [-0.4, -0.2) is 42.5 Å². The fourth-order valence-electron chi connectivity index (χ4n) is 2.76. The van der Waals surface area contributed by atoms with Gasteiger partial charge < -0.3 is 16.0 Å². The van der Waals surface area contributed by atoms with E-state index in [2.05, 4.69) is 31.0 Å². The molecule has 4 nitrogen and oxygen atoms in total. The van der Waals surface area contributed by atoms with Crippen molar-refractivity contribution in [3.8, 4) is 0 Å². The Kier molecular flexibility index (Phi) is 5.60. The molecule has 0 aromatic heterocycles. The van der Waals surface area contributed by atoms with Crippen molar-refractivity contribution in [3.63, 3.8) is 0 Å². The lowest BCUT2D eigenvalue weighted by molar-refractivity contribution is -0.126. The van der Waals surface area contributed by atoms with Gasteiger partial charge in [0.25, 0.3) is 0 Å². The Morgan fingerprint density at radius 2 is 2.06 bits per heavy atom. The highest BCUT2D eigenvalue weighted by molar-refractivity contribution is 5.86. The van der Waals surface area contributed by atoms with E-state index in [0.717, 1.165) is 39.0 Å². The summed E-state index contributed by atoms with van der Waals surface area (Å²) in [6.45, 7) is 12.1. The van der Waals surface area contributed by atoms with Crippen LogP contribution in [0.3, 0.4) is 0 Å². The SMILES string of the molecule is CCNC(CN(CC)CC(C)C)(C(N)=O)C1CC1. The minimum atomic E-state index is -0.514. The first-order valence-electron chi connectivity index (χ1n) is 7.23. The van der Waals surface area contributed by atoms with Crippen molar-refractivity contribution in [2.45, 2.75) is 46.1 Å². The van der Waals surface area contributed by atoms with Crippen LogP contribution < -0.4 is 11.1 Å². The van der Waals surface area contributed by atoms with Crippen LogP contribution in [0.5, 0.6) is 0 Å². The Labute approximate surface area is 111 Å². The minimum Gasteiger partial charge on any atom is -0.368 e. The van der Waals surface area contributed by atoms with Gasteiger partial charge in [0.2, 0.25) is 5.91 Å². The largest absolute Gasteiger partial charge is 0.368 e. The van der Waals surface area contributed by atoms with Gasteiger partial charge >= 0.3 is 0 Å². The summed E-state index contributed by atoms with van der Waals surface area (Å²) >= 11 is 0. The van der Waals surface area contributed by atoms with Gasteiger partial charge in [-0.15, -0.1) is 0 Å². The van der Waals surface area contributed by atoms with Crippen LogP contribution in [0, 0.1) is 11.8 Å². The van der Waals surface area contributed by atoms with Crippen LogP contribution in [-0.2, 0) is 4.79 Å². The highest BCUT2D eigenvalue weighted by Gasteiger charge is 2.49. The van der Waals surface area contributed by atoms with Gasteiger partial charge in [-0.25, -0.2) is 0 Å². The average Bonchev–Trinajstić information content (AvgIpc) is 3.10. The zero-order chi connectivity index (χ0) is 13.8. The van der Waals surface area contributed by atoms with Crippen LogP contribution in [0.4, 0.5) is 0 Å². The Morgan fingerprint density at radius 1 is 1.44 bits per heavy atom. The molecule has 1 amide bonds. The third-order valence-electron chi connectivity index (χ3n) is 3.75. The first-order chi connectivity index (χ1) is 8.46. The molecule has 0 aromatic rings. The van der Waals surface area contributed by atoms with E-state index in [1.807, 2.05) is 6.92 Å². The van der Waals surface area contributed by atoms with Gasteiger partial charge in [0, 0.05) is 13.1 Å². The van der Waals surface area contributed by atoms with E-state index in [9.17, 15) is 4.79 Å². The summed E-state index contributed by atoms with van der Waals surface area (Å²) in [7, 11) is 0. The predicted molar refractivity (Wildman–Crippen MR) is 75.3 cm³/mol. The van der Waals surface area contributed by atoms with Crippen LogP contribution in [0.2, 0.25) is 0 Å². The van der Waals surface area contributed by atoms with Gasteiger partial charge in [-0.05, 0) is 37.8 Å². The predicted octanol–water partition coefficient (Wildman–Crippen LogP) is 1.21. The minimum absolute atomic E-state index is 0.186. The lowest BCUT2D eigenvalue weighted by atomic mass is 9.90. The summed E-state index contributed by atoms with van der Waals surface area (Å²) in [4.78, 5) is 14.3. The standard InChI is InChI=1S/C14H29N3O/c1-5-16-14(13(15)18,12-7-8-12)10-17(6-2)9-11(3)4/h11-12,16H,5-10H2,1-4H3,(H2,15,18). The number of amides is 1. The molecule has 0 aromatic carbocycles. The van der Waals surface area contributed by atoms with Crippen molar-refractivity contribution < 1.29 is 4.79 Å². The number of hydrogen-bond donors (Lipinski definition) is 2. The second kappa shape index (κ2) is 6.53. The molecule has 1 fully saturated rings. The molecular weight excluding hydrogens is 226 g/mol. The number of primary amides is 1. The van der Waals surface area contributed by atoms with E-state index in [4.69, 9.17) is 5.73 Å². The van der Waals surface area contributed by atoms with E-state index in [1.54, 1.807) is 0 Å². The summed E-state index contributed by atoms with van der Waals surface area (Å²) in [5.41, 5.74) is 5.19. The maximum absolute atomic E-state index is 12.0. The normalized spacial score (nSPS) is 19.2. The van der Waals surface area contributed by atoms with Crippen LogP contribution in [0.1, 0.15) is 40.5 Å². The lowest BCUT2D eigenvalue weighted by Crippen LogP contribution is -2.63. The quantitative estimate of drug-likeness (QED) is 0.651. The molecule has 0 saturated heterocycles. The van der Waals surface area contributed by atoms with Crippen molar-refractivity contribution in [2.24, 2.45) is 17.6 Å². The van der Waals surface area contributed by atoms with Crippen molar-refractivity contribution >= 4 is 5.91 Å². The summed E-state index contributed by atoms with van der Waals surface area (Å²) in [5.74, 6) is 0.849. The number of nitrogens with zero attached hydrogens (tertiary/aromatic N) is 1. The molecule has 106 valence electrons. The molecule has 18 heavy (non-hydrogen) atoms. The fraction of sp³-hybridized carbons (Fsp3) is 0.929. The molecule has 1 unspecified atom stereocenters. The molecule has 4 heteroatoms. The first kappa shape index (κ1) is 15.4. The molecule has 1 saturated carbocycles. The van der Waals surface area contributed by atoms with Crippen molar-refractivity contribution in [3.05, 3.63) is 0 Å². The smallest absolute Gasteiger partial charge is 0.239 e. The zero-order valence-electron chi connectivity index (χ0n) is 12.3. The third kappa shape index (κ3) is 3.69. The molecule has 0 spiro atoms. The maximum atomic E-state index is 12.0. The number of hydrogen-bond acceptors (Lipinski definition) is 3. The van der Waals surface area contributed by atoms with E-state index in [0.29, 0.717) is 11.8 Å². The van der Waals surface area contributed by atoms with E-state index in [1.165, 1.54) is 0 Å². The van der Waals surface area contributed by atoms with Crippen molar-refractivity contribution in [1.29, 1.82) is 0 Å². The maximum Gasteiger partial charge on any atom is 0.239 e. The third-order valence-corrected chi connectivity index (χ3v) is 3.75. The molecule has 0 heterocycles. The van der Waals surface area contributed by atoms with Crippen LogP contribution in [0.25, 0.3) is 0 Å². The van der Waals surface area contributed by atoms with Crippen LogP contribution >= 0.6 is 0 Å².